The average molecular weight is 392 g/mol. The molecule has 0 saturated carbocycles. The number of hydrogen-bond acceptors (Lipinski definition) is 4. The van der Waals surface area contributed by atoms with Gasteiger partial charge in [-0.1, -0.05) is 17.7 Å². The first-order valence-corrected chi connectivity index (χ1v) is 9.82. The van der Waals surface area contributed by atoms with Crippen molar-refractivity contribution in [2.45, 2.75) is 12.8 Å². The van der Waals surface area contributed by atoms with E-state index in [2.05, 4.69) is 5.32 Å². The smallest absolute Gasteiger partial charge is 0.263 e. The van der Waals surface area contributed by atoms with Crippen LogP contribution in [0.1, 0.15) is 22.5 Å². The van der Waals surface area contributed by atoms with Gasteiger partial charge in [-0.15, -0.1) is 11.3 Å². The van der Waals surface area contributed by atoms with Crippen LogP contribution < -0.4 is 10.2 Å². The number of anilines is 2. The van der Waals surface area contributed by atoms with Gasteiger partial charge in [-0.2, -0.15) is 0 Å². The van der Waals surface area contributed by atoms with Crippen LogP contribution >= 0.6 is 22.9 Å². The predicted molar refractivity (Wildman–Crippen MR) is 107 cm³/mol. The highest BCUT2D eigenvalue weighted by Gasteiger charge is 2.28. The van der Waals surface area contributed by atoms with Crippen molar-refractivity contribution >= 4 is 46.1 Å². The Morgan fingerprint density at radius 2 is 1.96 bits per heavy atom. The molecular weight excluding hydrogens is 370 g/mol. The summed E-state index contributed by atoms with van der Waals surface area (Å²) >= 11 is 7.71. The molecule has 2 amide bonds. The van der Waals surface area contributed by atoms with Gasteiger partial charge in [-0.25, -0.2) is 0 Å². The number of hydrogen-bond donors (Lipinski definition) is 1. The van der Waals surface area contributed by atoms with Crippen molar-refractivity contribution in [1.29, 1.82) is 0 Å². The fourth-order valence-corrected chi connectivity index (χ4v) is 4.13. The number of nitrogens with one attached hydrogen (secondary N) is 1. The summed E-state index contributed by atoms with van der Waals surface area (Å²) in [5.41, 5.74) is 1.60. The lowest BCUT2D eigenvalue weighted by Gasteiger charge is -2.31. The minimum absolute atomic E-state index is 0.0121. The molecule has 2 aromatic rings. The van der Waals surface area contributed by atoms with Crippen molar-refractivity contribution < 1.29 is 9.59 Å². The van der Waals surface area contributed by atoms with Gasteiger partial charge in [0.15, 0.2) is 0 Å². The molecule has 2 heterocycles. The van der Waals surface area contributed by atoms with Gasteiger partial charge < -0.3 is 15.1 Å². The molecule has 0 aliphatic carbocycles. The monoisotopic (exact) mass is 391 g/mol. The van der Waals surface area contributed by atoms with Crippen molar-refractivity contribution in [1.82, 2.24) is 4.90 Å². The molecule has 1 aliphatic rings. The van der Waals surface area contributed by atoms with Gasteiger partial charge in [0.2, 0.25) is 5.91 Å². The number of thiophene rings is 1. The molecule has 1 aromatic heterocycles. The van der Waals surface area contributed by atoms with E-state index in [1.54, 1.807) is 6.07 Å². The Balaban J connectivity index is 1.55. The predicted octanol–water partition coefficient (Wildman–Crippen LogP) is 3.96. The molecular formula is C19H22ClN3O2S. The highest BCUT2D eigenvalue weighted by molar-refractivity contribution is 7.12. The van der Waals surface area contributed by atoms with Crippen LogP contribution in [0.3, 0.4) is 0 Å². The SMILES string of the molecule is CN(C)c1ccc(NC(=O)C2CCN(C(=O)c3cccs3)CC2)cc1Cl. The summed E-state index contributed by atoms with van der Waals surface area (Å²) in [5, 5.41) is 5.45. The highest BCUT2D eigenvalue weighted by Crippen LogP contribution is 2.28. The second kappa shape index (κ2) is 8.10. The summed E-state index contributed by atoms with van der Waals surface area (Å²) in [6.45, 7) is 1.21. The number of halogens is 1. The van der Waals surface area contributed by atoms with E-state index in [4.69, 9.17) is 11.6 Å². The Labute approximate surface area is 162 Å². The third kappa shape index (κ3) is 4.19. The third-order valence-corrected chi connectivity index (χ3v) is 5.74. The molecule has 3 rings (SSSR count). The summed E-state index contributed by atoms with van der Waals surface area (Å²) in [7, 11) is 3.84. The van der Waals surface area contributed by atoms with Crippen LogP contribution in [0.25, 0.3) is 0 Å². The van der Waals surface area contributed by atoms with Crippen LogP contribution in [0, 0.1) is 5.92 Å². The summed E-state index contributed by atoms with van der Waals surface area (Å²) in [6.07, 6.45) is 1.35. The number of rotatable bonds is 4. The molecule has 0 radical (unpaired) electrons. The maximum atomic E-state index is 12.5. The van der Waals surface area contributed by atoms with Crippen molar-refractivity contribution in [3.05, 3.63) is 45.6 Å². The molecule has 0 atom stereocenters. The van der Waals surface area contributed by atoms with Crippen LogP contribution in [0.2, 0.25) is 5.02 Å². The van der Waals surface area contributed by atoms with Crippen LogP contribution in [-0.4, -0.2) is 43.9 Å². The van der Waals surface area contributed by atoms with E-state index < -0.39 is 0 Å². The number of likely N-dealkylation sites (tertiary alicyclic amines) is 1. The molecule has 0 spiro atoms. The Morgan fingerprint density at radius 1 is 1.23 bits per heavy atom. The molecule has 5 nitrogen and oxygen atoms in total. The number of nitrogens with zero attached hydrogens (tertiary/aromatic N) is 2. The minimum Gasteiger partial charge on any atom is -0.376 e. The van der Waals surface area contributed by atoms with Crippen molar-refractivity contribution in [3.63, 3.8) is 0 Å². The number of piperidine rings is 1. The molecule has 1 aromatic carbocycles. The fourth-order valence-electron chi connectivity index (χ4n) is 3.09. The Hall–Kier alpha value is -2.05. The number of amides is 2. The molecule has 138 valence electrons. The van der Waals surface area contributed by atoms with Crippen LogP contribution in [-0.2, 0) is 4.79 Å². The maximum Gasteiger partial charge on any atom is 0.263 e. The van der Waals surface area contributed by atoms with E-state index in [-0.39, 0.29) is 17.7 Å². The van der Waals surface area contributed by atoms with Gasteiger partial charge in [0.25, 0.3) is 5.91 Å². The molecule has 1 N–H and O–H groups in total. The topological polar surface area (TPSA) is 52.7 Å². The van der Waals surface area contributed by atoms with E-state index >= 15 is 0 Å². The Morgan fingerprint density at radius 3 is 2.54 bits per heavy atom. The number of carbonyl (C=O) groups excluding carboxylic acids is 2. The third-order valence-electron chi connectivity index (χ3n) is 4.58. The lowest BCUT2D eigenvalue weighted by atomic mass is 9.95. The zero-order valence-electron chi connectivity index (χ0n) is 14.9. The second-order valence-corrected chi connectivity index (χ2v) is 7.95. The fraction of sp³-hybridized carbons (Fsp3) is 0.368. The van der Waals surface area contributed by atoms with Gasteiger partial charge in [-0.05, 0) is 42.5 Å². The first-order chi connectivity index (χ1) is 12.5. The summed E-state index contributed by atoms with van der Waals surface area (Å²) < 4.78 is 0. The summed E-state index contributed by atoms with van der Waals surface area (Å²) in [6, 6.07) is 9.23. The van der Waals surface area contributed by atoms with E-state index in [0.29, 0.717) is 36.6 Å². The van der Waals surface area contributed by atoms with Crippen LogP contribution in [0.4, 0.5) is 11.4 Å². The van der Waals surface area contributed by atoms with E-state index in [0.717, 1.165) is 10.6 Å². The average Bonchev–Trinajstić information content (AvgIpc) is 3.15. The zero-order chi connectivity index (χ0) is 18.7. The quantitative estimate of drug-likeness (QED) is 0.858. The number of carbonyl (C=O) groups is 2. The Bertz CT molecular complexity index is 784. The Kier molecular flexibility index (Phi) is 5.84. The van der Waals surface area contributed by atoms with Gasteiger partial charge in [0.05, 0.1) is 15.6 Å². The standard InChI is InChI=1S/C19H22ClN3O2S/c1-22(2)16-6-5-14(12-15(16)20)21-18(24)13-7-9-23(10-8-13)19(25)17-4-3-11-26-17/h3-6,11-13H,7-10H2,1-2H3,(H,21,24). The summed E-state index contributed by atoms with van der Waals surface area (Å²) in [5.74, 6) is -0.0403. The van der Waals surface area contributed by atoms with Crippen molar-refractivity contribution in [2.75, 3.05) is 37.4 Å². The number of benzene rings is 1. The highest BCUT2D eigenvalue weighted by atomic mass is 35.5. The molecule has 7 heteroatoms. The van der Waals surface area contributed by atoms with Gasteiger partial charge in [0, 0.05) is 38.8 Å². The van der Waals surface area contributed by atoms with Crippen molar-refractivity contribution in [3.8, 4) is 0 Å². The van der Waals surface area contributed by atoms with Crippen LogP contribution in [0.5, 0.6) is 0 Å². The van der Waals surface area contributed by atoms with E-state index in [9.17, 15) is 9.59 Å². The normalized spacial score (nSPS) is 15.0. The first-order valence-electron chi connectivity index (χ1n) is 8.56. The molecule has 0 bridgehead atoms. The first kappa shape index (κ1) is 18.7. The molecule has 1 fully saturated rings. The maximum absolute atomic E-state index is 12.5. The second-order valence-electron chi connectivity index (χ2n) is 6.59. The molecule has 1 aliphatic heterocycles. The summed E-state index contributed by atoms with van der Waals surface area (Å²) in [4.78, 5) is 29.4. The van der Waals surface area contributed by atoms with Gasteiger partial charge in [-0.3, -0.25) is 9.59 Å². The van der Waals surface area contributed by atoms with Gasteiger partial charge in [0.1, 0.15) is 0 Å². The lowest BCUT2D eigenvalue weighted by molar-refractivity contribution is -0.121. The van der Waals surface area contributed by atoms with Crippen LogP contribution in [0.15, 0.2) is 35.7 Å². The minimum atomic E-state index is -0.0883. The molecule has 0 unspecified atom stereocenters. The molecule has 1 saturated heterocycles. The largest absolute Gasteiger partial charge is 0.376 e. The van der Waals surface area contributed by atoms with E-state index in [1.807, 2.05) is 53.5 Å². The zero-order valence-corrected chi connectivity index (χ0v) is 16.4. The van der Waals surface area contributed by atoms with E-state index in [1.165, 1.54) is 11.3 Å². The molecule has 26 heavy (non-hydrogen) atoms. The lowest BCUT2D eigenvalue weighted by Crippen LogP contribution is -2.41. The van der Waals surface area contributed by atoms with Crippen molar-refractivity contribution in [2.24, 2.45) is 5.92 Å². The van der Waals surface area contributed by atoms with Gasteiger partial charge >= 0.3 is 0 Å².